The number of amides is 3. The highest BCUT2D eigenvalue weighted by molar-refractivity contribution is 5.96. The van der Waals surface area contributed by atoms with Crippen molar-refractivity contribution >= 4 is 24.0 Å². The zero-order valence-corrected chi connectivity index (χ0v) is 14.6. The lowest BCUT2D eigenvalue weighted by Crippen LogP contribution is -2.43. The lowest BCUT2D eigenvalue weighted by molar-refractivity contribution is -0.143. The SMILES string of the molecule is COc1ccc(OC)c(/C=C/C(=O)OCC(=O)NC(=O)NC(C)C)c1. The number of urea groups is 1. The first-order valence-corrected chi connectivity index (χ1v) is 7.53. The molecule has 1 rings (SSSR count). The molecule has 0 aliphatic carbocycles. The smallest absolute Gasteiger partial charge is 0.331 e. The standard InChI is InChI=1S/C17H22N2O6/c1-11(2)18-17(22)19-15(20)10-25-16(21)8-5-12-9-13(23-3)6-7-14(12)24-4/h5-9,11H,10H2,1-4H3,(H2,18,19,20,22)/b8-5+. The van der Waals surface area contributed by atoms with Crippen molar-refractivity contribution in [2.45, 2.75) is 19.9 Å². The largest absolute Gasteiger partial charge is 0.497 e. The zero-order chi connectivity index (χ0) is 18.8. The maximum Gasteiger partial charge on any atom is 0.331 e. The third kappa shape index (κ3) is 7.38. The van der Waals surface area contributed by atoms with Crippen LogP contribution in [0.5, 0.6) is 11.5 Å². The van der Waals surface area contributed by atoms with Gasteiger partial charge in [0.2, 0.25) is 0 Å². The van der Waals surface area contributed by atoms with Gasteiger partial charge in [-0.25, -0.2) is 9.59 Å². The Morgan fingerprint density at radius 1 is 1.16 bits per heavy atom. The summed E-state index contributed by atoms with van der Waals surface area (Å²) < 4.78 is 15.1. The van der Waals surface area contributed by atoms with E-state index in [0.29, 0.717) is 17.1 Å². The van der Waals surface area contributed by atoms with Crippen molar-refractivity contribution in [3.63, 3.8) is 0 Å². The van der Waals surface area contributed by atoms with Crippen LogP contribution >= 0.6 is 0 Å². The van der Waals surface area contributed by atoms with Crippen LogP contribution < -0.4 is 20.1 Å². The molecule has 0 unspecified atom stereocenters. The molecule has 0 spiro atoms. The molecule has 1 aromatic carbocycles. The van der Waals surface area contributed by atoms with E-state index in [1.165, 1.54) is 20.3 Å². The molecule has 0 aliphatic rings. The van der Waals surface area contributed by atoms with Crippen LogP contribution in [-0.4, -0.2) is 44.8 Å². The molecule has 25 heavy (non-hydrogen) atoms. The van der Waals surface area contributed by atoms with Crippen LogP contribution in [0.3, 0.4) is 0 Å². The molecule has 3 amide bonds. The molecule has 0 heterocycles. The highest BCUT2D eigenvalue weighted by Crippen LogP contribution is 2.25. The number of rotatable bonds is 7. The van der Waals surface area contributed by atoms with E-state index in [1.807, 2.05) is 5.32 Å². The van der Waals surface area contributed by atoms with Gasteiger partial charge in [0.15, 0.2) is 6.61 Å². The van der Waals surface area contributed by atoms with Crippen molar-refractivity contribution in [3.8, 4) is 11.5 Å². The Hall–Kier alpha value is -3.03. The minimum absolute atomic E-state index is 0.115. The molecule has 0 saturated heterocycles. The number of esters is 1. The van der Waals surface area contributed by atoms with E-state index in [4.69, 9.17) is 14.2 Å². The summed E-state index contributed by atoms with van der Waals surface area (Å²) in [7, 11) is 3.03. The second-order valence-electron chi connectivity index (χ2n) is 5.23. The highest BCUT2D eigenvalue weighted by atomic mass is 16.5. The number of ether oxygens (including phenoxy) is 3. The van der Waals surface area contributed by atoms with Crippen molar-refractivity contribution in [1.82, 2.24) is 10.6 Å². The van der Waals surface area contributed by atoms with E-state index in [0.717, 1.165) is 6.08 Å². The Balaban J connectivity index is 2.55. The molecule has 2 N–H and O–H groups in total. The second-order valence-corrected chi connectivity index (χ2v) is 5.23. The number of carbonyl (C=O) groups is 3. The van der Waals surface area contributed by atoms with Crippen LogP contribution in [0.2, 0.25) is 0 Å². The summed E-state index contributed by atoms with van der Waals surface area (Å²) in [6, 6.07) is 4.35. The summed E-state index contributed by atoms with van der Waals surface area (Å²) in [4.78, 5) is 34.5. The molecule has 0 fully saturated rings. The number of imide groups is 1. The average Bonchev–Trinajstić information content (AvgIpc) is 2.56. The molecule has 0 bridgehead atoms. The van der Waals surface area contributed by atoms with Crippen LogP contribution in [0.15, 0.2) is 24.3 Å². The molecule has 136 valence electrons. The van der Waals surface area contributed by atoms with Gasteiger partial charge in [0, 0.05) is 17.7 Å². The molecule has 0 atom stereocenters. The van der Waals surface area contributed by atoms with E-state index in [9.17, 15) is 14.4 Å². The van der Waals surface area contributed by atoms with Gasteiger partial charge in [0.1, 0.15) is 11.5 Å². The van der Waals surface area contributed by atoms with Crippen molar-refractivity contribution in [2.24, 2.45) is 0 Å². The lowest BCUT2D eigenvalue weighted by Gasteiger charge is -2.09. The Kier molecular flexibility index (Phi) is 7.98. The Bertz CT molecular complexity index is 655. The van der Waals surface area contributed by atoms with E-state index < -0.39 is 24.5 Å². The van der Waals surface area contributed by atoms with E-state index in [-0.39, 0.29) is 6.04 Å². The fourth-order valence-electron chi connectivity index (χ4n) is 1.77. The zero-order valence-electron chi connectivity index (χ0n) is 14.6. The topological polar surface area (TPSA) is 103 Å². The average molecular weight is 350 g/mol. The van der Waals surface area contributed by atoms with E-state index >= 15 is 0 Å². The van der Waals surface area contributed by atoms with Gasteiger partial charge in [-0.15, -0.1) is 0 Å². The maximum absolute atomic E-state index is 11.7. The number of carbonyl (C=O) groups excluding carboxylic acids is 3. The fourth-order valence-corrected chi connectivity index (χ4v) is 1.77. The number of benzene rings is 1. The monoisotopic (exact) mass is 350 g/mol. The van der Waals surface area contributed by atoms with E-state index in [1.54, 1.807) is 32.0 Å². The molecule has 1 aromatic rings. The van der Waals surface area contributed by atoms with Gasteiger partial charge in [-0.2, -0.15) is 0 Å². The summed E-state index contributed by atoms with van der Waals surface area (Å²) in [6.45, 7) is 2.94. The highest BCUT2D eigenvalue weighted by Gasteiger charge is 2.10. The minimum Gasteiger partial charge on any atom is -0.497 e. The molecule has 8 heteroatoms. The lowest BCUT2D eigenvalue weighted by atomic mass is 10.1. The van der Waals surface area contributed by atoms with Crippen molar-refractivity contribution in [2.75, 3.05) is 20.8 Å². The van der Waals surface area contributed by atoms with Gasteiger partial charge >= 0.3 is 12.0 Å². The van der Waals surface area contributed by atoms with Crippen LogP contribution in [0, 0.1) is 0 Å². The van der Waals surface area contributed by atoms with Crippen LogP contribution in [0.25, 0.3) is 6.08 Å². The normalized spacial score (nSPS) is 10.4. The van der Waals surface area contributed by atoms with Gasteiger partial charge in [-0.3, -0.25) is 10.1 Å². The third-order valence-corrected chi connectivity index (χ3v) is 2.85. The minimum atomic E-state index is -0.732. The molecule has 8 nitrogen and oxygen atoms in total. The van der Waals surface area contributed by atoms with Crippen LogP contribution in [0.1, 0.15) is 19.4 Å². The van der Waals surface area contributed by atoms with Gasteiger partial charge in [0.25, 0.3) is 5.91 Å². The summed E-state index contributed by atoms with van der Waals surface area (Å²) in [5, 5.41) is 4.53. The number of methoxy groups -OCH3 is 2. The number of hydrogen-bond donors (Lipinski definition) is 2. The second kappa shape index (κ2) is 9.96. The molecular formula is C17H22N2O6. The Morgan fingerprint density at radius 3 is 2.48 bits per heavy atom. The Labute approximate surface area is 146 Å². The van der Waals surface area contributed by atoms with Crippen molar-refractivity contribution < 1.29 is 28.6 Å². The molecule has 0 saturated carbocycles. The number of nitrogens with one attached hydrogen (secondary N) is 2. The first-order valence-electron chi connectivity index (χ1n) is 7.53. The van der Waals surface area contributed by atoms with Crippen LogP contribution in [0.4, 0.5) is 4.79 Å². The first-order chi connectivity index (χ1) is 11.8. The Morgan fingerprint density at radius 2 is 1.88 bits per heavy atom. The van der Waals surface area contributed by atoms with Crippen molar-refractivity contribution in [1.29, 1.82) is 0 Å². The quantitative estimate of drug-likeness (QED) is 0.570. The van der Waals surface area contributed by atoms with E-state index in [2.05, 4.69) is 5.32 Å². The van der Waals surface area contributed by atoms with Crippen molar-refractivity contribution in [3.05, 3.63) is 29.8 Å². The van der Waals surface area contributed by atoms with Gasteiger partial charge in [0.05, 0.1) is 14.2 Å². The summed E-state index contributed by atoms with van der Waals surface area (Å²) in [5.41, 5.74) is 0.611. The molecule has 0 aromatic heterocycles. The van der Waals surface area contributed by atoms with Gasteiger partial charge < -0.3 is 19.5 Å². The third-order valence-electron chi connectivity index (χ3n) is 2.85. The molecule has 0 radical (unpaired) electrons. The predicted octanol–water partition coefficient (Wildman–Crippen LogP) is 1.49. The summed E-state index contributed by atoms with van der Waals surface area (Å²) in [5.74, 6) is -0.305. The number of hydrogen-bond acceptors (Lipinski definition) is 6. The molecule has 0 aliphatic heterocycles. The maximum atomic E-state index is 11.7. The van der Waals surface area contributed by atoms with Crippen LogP contribution in [-0.2, 0) is 14.3 Å². The summed E-state index contributed by atoms with van der Waals surface area (Å²) >= 11 is 0. The molecular weight excluding hydrogens is 328 g/mol. The fraction of sp³-hybridized carbons (Fsp3) is 0.353. The predicted molar refractivity (Wildman–Crippen MR) is 91.3 cm³/mol. The van der Waals surface area contributed by atoms with Gasteiger partial charge in [-0.1, -0.05) is 0 Å². The summed E-state index contributed by atoms with van der Waals surface area (Å²) in [6.07, 6.45) is 2.63. The first kappa shape index (κ1) is 20.0. The van der Waals surface area contributed by atoms with Gasteiger partial charge in [-0.05, 0) is 38.1 Å².